The molecule has 162 valence electrons. The van der Waals surface area contributed by atoms with Crippen LogP contribution in [-0.2, 0) is 20.9 Å². The molecule has 0 N–H and O–H groups in total. The number of hydrogen-bond donors (Lipinski definition) is 0. The van der Waals surface area contributed by atoms with E-state index in [9.17, 15) is 14.4 Å². The molecule has 1 heterocycles. The van der Waals surface area contributed by atoms with Gasteiger partial charge in [0.1, 0.15) is 18.9 Å². The summed E-state index contributed by atoms with van der Waals surface area (Å²) < 4.78 is 11.8. The average Bonchev–Trinajstić information content (AvgIpc) is 3.01. The monoisotopic (exact) mass is 503 g/mol. The number of imide groups is 1. The number of amides is 2. The molecule has 6 nitrogen and oxygen atoms in total. The molecule has 0 aliphatic carbocycles. The molecular weight excluding hydrogens is 482 g/mol. The van der Waals surface area contributed by atoms with Crippen molar-refractivity contribution in [2.75, 3.05) is 13.2 Å². The van der Waals surface area contributed by atoms with Gasteiger partial charge in [0.2, 0.25) is 0 Å². The Bertz CT molecular complexity index is 993. The highest BCUT2D eigenvalue weighted by molar-refractivity contribution is 9.10. The number of carbonyl (C=O) groups excluding carboxylic acids is 3. The molecule has 2 aromatic carbocycles. The first-order valence-corrected chi connectivity index (χ1v) is 11.5. The molecule has 0 bridgehead atoms. The lowest BCUT2D eigenvalue weighted by atomic mass is 10.1. The summed E-state index contributed by atoms with van der Waals surface area (Å²) in [5.41, 5.74) is 1.67. The van der Waals surface area contributed by atoms with Gasteiger partial charge in [-0.1, -0.05) is 59.6 Å². The number of ether oxygens (including phenoxy) is 2. The fraction of sp³-hybridized carbons (Fsp3) is 0.261. The first kappa shape index (κ1) is 23.1. The first-order chi connectivity index (χ1) is 15.0. The third-order valence-corrected chi connectivity index (χ3v) is 5.82. The maximum absolute atomic E-state index is 12.7. The van der Waals surface area contributed by atoms with Gasteiger partial charge in [-0.15, -0.1) is 0 Å². The molecule has 1 fully saturated rings. The van der Waals surface area contributed by atoms with Crippen LogP contribution in [0.5, 0.6) is 5.75 Å². The summed E-state index contributed by atoms with van der Waals surface area (Å²) >= 11 is 4.22. The van der Waals surface area contributed by atoms with Crippen molar-refractivity contribution in [1.82, 2.24) is 4.90 Å². The average molecular weight is 504 g/mol. The van der Waals surface area contributed by atoms with Crippen LogP contribution in [0.15, 0.2) is 57.9 Å². The Balaban J connectivity index is 1.73. The van der Waals surface area contributed by atoms with Gasteiger partial charge in [0.25, 0.3) is 11.1 Å². The van der Waals surface area contributed by atoms with Gasteiger partial charge in [-0.2, -0.15) is 0 Å². The molecule has 0 aromatic heterocycles. The lowest BCUT2D eigenvalue weighted by Gasteiger charge is -2.12. The molecule has 2 amide bonds. The van der Waals surface area contributed by atoms with Gasteiger partial charge in [0.15, 0.2) is 0 Å². The van der Waals surface area contributed by atoms with Crippen LogP contribution >= 0.6 is 27.7 Å². The Labute approximate surface area is 193 Å². The topological polar surface area (TPSA) is 72.9 Å². The molecule has 0 unspecified atom stereocenters. The molecule has 8 heteroatoms. The van der Waals surface area contributed by atoms with E-state index >= 15 is 0 Å². The van der Waals surface area contributed by atoms with Crippen LogP contribution in [-0.4, -0.2) is 35.2 Å². The molecule has 0 atom stereocenters. The van der Waals surface area contributed by atoms with Gasteiger partial charge in [0, 0.05) is 10.0 Å². The summed E-state index contributed by atoms with van der Waals surface area (Å²) in [6, 6.07) is 15.2. The first-order valence-electron chi connectivity index (χ1n) is 9.85. The van der Waals surface area contributed by atoms with Gasteiger partial charge >= 0.3 is 5.97 Å². The molecule has 0 radical (unpaired) electrons. The molecular formula is C23H22BrNO5S. The maximum Gasteiger partial charge on any atom is 0.326 e. The summed E-state index contributed by atoms with van der Waals surface area (Å²) in [6.07, 6.45) is 3.24. The lowest BCUT2D eigenvalue weighted by Crippen LogP contribution is -2.34. The second kappa shape index (κ2) is 11.2. The highest BCUT2D eigenvalue weighted by Gasteiger charge is 2.36. The predicted molar refractivity (Wildman–Crippen MR) is 123 cm³/mol. The van der Waals surface area contributed by atoms with Gasteiger partial charge < -0.3 is 9.47 Å². The molecule has 0 saturated carbocycles. The SMILES string of the molecule is CCCCOC(=O)CN1C(=O)S/C(=C\c2cc(Br)ccc2OCc2ccccc2)C1=O. The predicted octanol–water partition coefficient (Wildman–Crippen LogP) is 5.41. The fourth-order valence-electron chi connectivity index (χ4n) is 2.78. The van der Waals surface area contributed by atoms with Gasteiger partial charge in [0.05, 0.1) is 11.5 Å². The summed E-state index contributed by atoms with van der Waals surface area (Å²) in [4.78, 5) is 38.1. The van der Waals surface area contributed by atoms with Gasteiger partial charge in [-0.3, -0.25) is 19.3 Å². The zero-order valence-electron chi connectivity index (χ0n) is 17.0. The minimum absolute atomic E-state index is 0.231. The van der Waals surface area contributed by atoms with E-state index in [-0.39, 0.29) is 18.1 Å². The van der Waals surface area contributed by atoms with Crippen LogP contribution in [0.3, 0.4) is 0 Å². The van der Waals surface area contributed by atoms with E-state index < -0.39 is 17.1 Å². The Hall–Kier alpha value is -2.58. The van der Waals surface area contributed by atoms with Crippen molar-refractivity contribution in [3.63, 3.8) is 0 Å². The van der Waals surface area contributed by atoms with Crippen LogP contribution in [0.4, 0.5) is 4.79 Å². The minimum Gasteiger partial charge on any atom is -0.488 e. The second-order valence-electron chi connectivity index (χ2n) is 6.80. The molecule has 2 aromatic rings. The quantitative estimate of drug-likeness (QED) is 0.259. The minimum atomic E-state index is -0.591. The molecule has 0 spiro atoms. The Kier molecular flexibility index (Phi) is 8.31. The van der Waals surface area contributed by atoms with Crippen molar-refractivity contribution < 1.29 is 23.9 Å². The third-order valence-electron chi connectivity index (χ3n) is 4.42. The van der Waals surface area contributed by atoms with E-state index in [0.29, 0.717) is 17.9 Å². The van der Waals surface area contributed by atoms with E-state index in [0.717, 1.165) is 39.5 Å². The normalized spacial score (nSPS) is 14.9. The zero-order chi connectivity index (χ0) is 22.2. The Morgan fingerprint density at radius 1 is 1.16 bits per heavy atom. The molecule has 1 aliphatic heterocycles. The van der Waals surface area contributed by atoms with E-state index in [1.807, 2.05) is 49.4 Å². The van der Waals surface area contributed by atoms with E-state index in [4.69, 9.17) is 9.47 Å². The van der Waals surface area contributed by atoms with Crippen molar-refractivity contribution in [2.24, 2.45) is 0 Å². The fourth-order valence-corrected chi connectivity index (χ4v) is 3.99. The summed E-state index contributed by atoms with van der Waals surface area (Å²) in [7, 11) is 0. The van der Waals surface area contributed by atoms with Crippen molar-refractivity contribution in [2.45, 2.75) is 26.4 Å². The van der Waals surface area contributed by atoms with Crippen LogP contribution in [0.1, 0.15) is 30.9 Å². The van der Waals surface area contributed by atoms with Crippen molar-refractivity contribution >= 4 is 50.9 Å². The van der Waals surface area contributed by atoms with Crippen LogP contribution in [0, 0.1) is 0 Å². The third kappa shape index (κ3) is 6.45. The van der Waals surface area contributed by atoms with E-state index in [1.165, 1.54) is 0 Å². The highest BCUT2D eigenvalue weighted by Crippen LogP contribution is 2.35. The smallest absolute Gasteiger partial charge is 0.326 e. The number of esters is 1. The van der Waals surface area contributed by atoms with Gasteiger partial charge in [-0.05, 0) is 48.0 Å². The number of thioether (sulfide) groups is 1. The van der Waals surface area contributed by atoms with Crippen molar-refractivity contribution in [3.8, 4) is 5.75 Å². The van der Waals surface area contributed by atoms with E-state index in [1.54, 1.807) is 12.1 Å². The number of halogens is 1. The molecule has 1 aliphatic rings. The van der Waals surface area contributed by atoms with Gasteiger partial charge in [-0.25, -0.2) is 0 Å². The standard InChI is InChI=1S/C23H22BrNO5S/c1-2-3-11-29-21(26)14-25-22(27)20(31-23(25)28)13-17-12-18(24)9-10-19(17)30-15-16-7-5-4-6-8-16/h4-10,12-13H,2-3,11,14-15H2,1H3/b20-13-. The Morgan fingerprint density at radius 2 is 1.94 bits per heavy atom. The number of carbonyl (C=O) groups is 3. The second-order valence-corrected chi connectivity index (χ2v) is 8.71. The lowest BCUT2D eigenvalue weighted by molar-refractivity contribution is -0.146. The zero-order valence-corrected chi connectivity index (χ0v) is 19.4. The largest absolute Gasteiger partial charge is 0.488 e. The number of unbranched alkanes of at least 4 members (excludes halogenated alkanes) is 1. The number of nitrogens with zero attached hydrogens (tertiary/aromatic N) is 1. The molecule has 3 rings (SSSR count). The van der Waals surface area contributed by atoms with Crippen LogP contribution < -0.4 is 4.74 Å². The highest BCUT2D eigenvalue weighted by atomic mass is 79.9. The summed E-state index contributed by atoms with van der Waals surface area (Å²) in [6.45, 7) is 2.24. The molecule has 31 heavy (non-hydrogen) atoms. The molecule has 1 saturated heterocycles. The van der Waals surface area contributed by atoms with Crippen LogP contribution in [0.25, 0.3) is 6.08 Å². The summed E-state index contributed by atoms with van der Waals surface area (Å²) in [5.74, 6) is -0.527. The van der Waals surface area contributed by atoms with E-state index in [2.05, 4.69) is 15.9 Å². The summed E-state index contributed by atoms with van der Waals surface area (Å²) in [5, 5.41) is -0.495. The van der Waals surface area contributed by atoms with Crippen molar-refractivity contribution in [3.05, 3.63) is 69.0 Å². The maximum atomic E-state index is 12.7. The van der Waals surface area contributed by atoms with Crippen LogP contribution in [0.2, 0.25) is 0 Å². The number of hydrogen-bond acceptors (Lipinski definition) is 6. The Morgan fingerprint density at radius 3 is 2.68 bits per heavy atom. The number of benzene rings is 2. The number of rotatable bonds is 9. The van der Waals surface area contributed by atoms with Crippen molar-refractivity contribution in [1.29, 1.82) is 0 Å².